The summed E-state index contributed by atoms with van der Waals surface area (Å²) >= 11 is 0. The van der Waals surface area contributed by atoms with Gasteiger partial charge in [-0.05, 0) is 105 Å². The molecule has 2 aliphatic heterocycles. The van der Waals surface area contributed by atoms with Crippen LogP contribution in [-0.4, -0.2) is 55.8 Å². The zero-order chi connectivity index (χ0) is 30.9. The predicted molar refractivity (Wildman–Crippen MR) is 184 cm³/mol. The van der Waals surface area contributed by atoms with Crippen molar-refractivity contribution in [3.8, 4) is 5.75 Å². The van der Waals surface area contributed by atoms with E-state index in [0.717, 1.165) is 64.5 Å². The first-order chi connectivity index (χ1) is 21.5. The minimum atomic E-state index is 0.0628. The van der Waals surface area contributed by atoms with Gasteiger partial charge in [-0.25, -0.2) is 0 Å². The Bertz CT molecular complexity index is 1270. The molecule has 5 rings (SSSR count). The van der Waals surface area contributed by atoms with Gasteiger partial charge in [0, 0.05) is 31.4 Å². The molecule has 44 heavy (non-hydrogen) atoms. The van der Waals surface area contributed by atoms with Crippen LogP contribution in [0.2, 0.25) is 0 Å². The lowest BCUT2D eigenvalue weighted by Crippen LogP contribution is -2.36. The summed E-state index contributed by atoms with van der Waals surface area (Å²) in [7, 11) is 0. The maximum Gasteiger partial charge on any atom is 0.119 e. The third-order valence-corrected chi connectivity index (χ3v) is 9.85. The fourth-order valence-electron chi connectivity index (χ4n) is 7.16. The molecule has 0 bridgehead atoms. The van der Waals surface area contributed by atoms with Crippen LogP contribution in [0.4, 0.5) is 0 Å². The van der Waals surface area contributed by atoms with Crippen molar-refractivity contribution >= 4 is 5.57 Å². The van der Waals surface area contributed by atoms with E-state index in [9.17, 15) is 0 Å². The highest BCUT2D eigenvalue weighted by Crippen LogP contribution is 2.46. The molecule has 5 heteroatoms. The lowest BCUT2D eigenvalue weighted by Gasteiger charge is -2.42. The molecule has 2 atom stereocenters. The van der Waals surface area contributed by atoms with Crippen molar-refractivity contribution in [3.05, 3.63) is 81.6 Å². The van der Waals surface area contributed by atoms with Gasteiger partial charge in [0.25, 0.3) is 0 Å². The van der Waals surface area contributed by atoms with Crippen molar-refractivity contribution in [1.82, 2.24) is 9.80 Å². The van der Waals surface area contributed by atoms with E-state index >= 15 is 0 Å². The van der Waals surface area contributed by atoms with E-state index in [0.29, 0.717) is 0 Å². The Morgan fingerprint density at radius 1 is 0.932 bits per heavy atom. The Kier molecular flexibility index (Phi) is 12.0. The second-order valence-corrected chi connectivity index (χ2v) is 13.2. The maximum atomic E-state index is 6.67. The molecule has 2 aromatic carbocycles. The molecule has 1 saturated carbocycles. The number of aryl methyl sites for hydroxylation is 1. The van der Waals surface area contributed by atoms with E-state index in [1.54, 1.807) is 11.3 Å². The van der Waals surface area contributed by atoms with E-state index in [2.05, 4.69) is 80.0 Å². The topological polar surface area (TPSA) is 51.0 Å². The predicted octanol–water partition coefficient (Wildman–Crippen LogP) is 8.74. The van der Waals surface area contributed by atoms with Gasteiger partial charge >= 0.3 is 0 Å². The van der Waals surface area contributed by atoms with Gasteiger partial charge in [-0.15, -0.1) is 0 Å². The monoisotopic (exact) mass is 599 g/mol. The van der Waals surface area contributed by atoms with Crippen molar-refractivity contribution in [2.45, 2.75) is 104 Å². The number of nitrogens with two attached hydrogens (primary N) is 1. The van der Waals surface area contributed by atoms with Crippen LogP contribution in [0, 0.1) is 6.92 Å². The third-order valence-electron chi connectivity index (χ3n) is 9.85. The molecule has 0 spiro atoms. The highest BCUT2D eigenvalue weighted by Gasteiger charge is 2.34. The van der Waals surface area contributed by atoms with Crippen molar-refractivity contribution in [2.75, 3.05) is 46.0 Å². The van der Waals surface area contributed by atoms with E-state index in [1.807, 2.05) is 0 Å². The quantitative estimate of drug-likeness (QED) is 0.208. The van der Waals surface area contributed by atoms with E-state index < -0.39 is 0 Å². The molecule has 2 unspecified atom stereocenters. The number of rotatable bonds is 15. The number of hydrogen-bond donors (Lipinski definition) is 1. The van der Waals surface area contributed by atoms with Gasteiger partial charge in [0.05, 0.1) is 25.9 Å². The maximum absolute atomic E-state index is 6.67. The fourth-order valence-corrected chi connectivity index (χ4v) is 7.16. The van der Waals surface area contributed by atoms with Crippen molar-refractivity contribution in [1.29, 1.82) is 0 Å². The molecule has 2 heterocycles. The second kappa shape index (κ2) is 16.1. The molecular weight excluding hydrogens is 542 g/mol. The van der Waals surface area contributed by atoms with Gasteiger partial charge in [-0.3, -0.25) is 4.90 Å². The minimum absolute atomic E-state index is 0.0628. The third kappa shape index (κ3) is 8.35. The SMILES string of the molecule is CCCC(=C1CC1)N1CCC(c2cc(C)ccc2C(N)CC)=C(C)C1c1ccc(OCCCCCCN2CCOCC2)cc1. The molecule has 1 saturated heterocycles. The highest BCUT2D eigenvalue weighted by atomic mass is 16.5. The molecule has 2 fully saturated rings. The Hall–Kier alpha value is -2.60. The lowest BCUT2D eigenvalue weighted by molar-refractivity contribution is 0.0371. The van der Waals surface area contributed by atoms with Crippen LogP contribution in [0.15, 0.2) is 59.3 Å². The zero-order valence-electron chi connectivity index (χ0n) is 28.0. The van der Waals surface area contributed by atoms with Crippen molar-refractivity contribution < 1.29 is 9.47 Å². The van der Waals surface area contributed by atoms with Crippen LogP contribution in [0.25, 0.3) is 5.57 Å². The molecule has 0 amide bonds. The van der Waals surface area contributed by atoms with Crippen LogP contribution in [0.1, 0.15) is 119 Å². The first-order valence-electron chi connectivity index (χ1n) is 17.6. The van der Waals surface area contributed by atoms with Gasteiger partial charge in [-0.1, -0.05) is 74.6 Å². The molecule has 1 aliphatic carbocycles. The standard InChI is InChI=1S/C39H57N3O2/c1-5-11-38(31-13-14-31)42-22-20-34(36-28-29(3)12-19-35(36)37(40)6-2)30(4)39(42)32-15-17-33(18-16-32)44-25-10-8-7-9-21-41-23-26-43-27-24-41/h12,15-19,28,37,39H,5-11,13-14,20-27,40H2,1-4H3. The van der Waals surface area contributed by atoms with Crippen molar-refractivity contribution in [2.24, 2.45) is 5.73 Å². The van der Waals surface area contributed by atoms with Crippen LogP contribution < -0.4 is 10.5 Å². The first kappa shape index (κ1) is 32.8. The van der Waals surface area contributed by atoms with Crippen LogP contribution in [-0.2, 0) is 4.74 Å². The van der Waals surface area contributed by atoms with Gasteiger partial charge in [0.15, 0.2) is 0 Å². The highest BCUT2D eigenvalue weighted by molar-refractivity contribution is 5.74. The van der Waals surface area contributed by atoms with Crippen molar-refractivity contribution in [3.63, 3.8) is 0 Å². The molecular formula is C39H57N3O2. The Balaban J connectivity index is 1.29. The van der Waals surface area contributed by atoms with Crippen LogP contribution >= 0.6 is 0 Å². The summed E-state index contributed by atoms with van der Waals surface area (Å²) in [6, 6.07) is 16.2. The normalized spacial score (nSPS) is 19.8. The Labute approximate surface area is 267 Å². The summed E-state index contributed by atoms with van der Waals surface area (Å²) in [6.45, 7) is 16.1. The average Bonchev–Trinajstić information content (AvgIpc) is 3.89. The summed E-state index contributed by atoms with van der Waals surface area (Å²) in [5.74, 6) is 0.982. The first-order valence-corrected chi connectivity index (χ1v) is 17.6. The fraction of sp³-hybridized carbons (Fsp3) is 0.590. The summed E-state index contributed by atoms with van der Waals surface area (Å²) in [6.07, 6.45) is 11.8. The summed E-state index contributed by atoms with van der Waals surface area (Å²) in [4.78, 5) is 5.27. The zero-order valence-corrected chi connectivity index (χ0v) is 28.0. The number of morpholine rings is 1. The molecule has 0 aromatic heterocycles. The Morgan fingerprint density at radius 2 is 1.68 bits per heavy atom. The number of allylic oxidation sites excluding steroid dienone is 2. The molecule has 3 aliphatic rings. The van der Waals surface area contributed by atoms with E-state index in [4.69, 9.17) is 15.2 Å². The molecule has 0 radical (unpaired) electrons. The summed E-state index contributed by atoms with van der Waals surface area (Å²) < 4.78 is 11.7. The van der Waals surface area contributed by atoms with Gasteiger partial charge < -0.3 is 20.1 Å². The lowest BCUT2D eigenvalue weighted by atomic mass is 9.82. The minimum Gasteiger partial charge on any atom is -0.494 e. The van der Waals surface area contributed by atoms with Gasteiger partial charge in [0.2, 0.25) is 0 Å². The molecule has 2 aromatic rings. The summed E-state index contributed by atoms with van der Waals surface area (Å²) in [5.41, 5.74) is 18.2. The molecule has 5 nitrogen and oxygen atoms in total. The largest absolute Gasteiger partial charge is 0.494 e. The molecule has 2 N–H and O–H groups in total. The smallest absolute Gasteiger partial charge is 0.119 e. The number of nitrogens with zero attached hydrogens (tertiary/aromatic N) is 2. The number of hydrogen-bond acceptors (Lipinski definition) is 5. The second-order valence-electron chi connectivity index (χ2n) is 13.2. The Morgan fingerprint density at radius 3 is 2.39 bits per heavy atom. The van der Waals surface area contributed by atoms with Crippen LogP contribution in [0.5, 0.6) is 5.75 Å². The van der Waals surface area contributed by atoms with Gasteiger partial charge in [0.1, 0.15) is 5.75 Å². The average molecular weight is 600 g/mol. The van der Waals surface area contributed by atoms with E-state index in [1.165, 1.54) is 84.9 Å². The molecule has 240 valence electrons. The van der Waals surface area contributed by atoms with Crippen LogP contribution in [0.3, 0.4) is 0 Å². The summed E-state index contributed by atoms with van der Waals surface area (Å²) in [5, 5.41) is 0. The number of benzene rings is 2. The number of unbranched alkanes of at least 4 members (excludes halogenated alkanes) is 3. The van der Waals surface area contributed by atoms with E-state index in [-0.39, 0.29) is 12.1 Å². The number of ether oxygens (including phenoxy) is 2. The van der Waals surface area contributed by atoms with Gasteiger partial charge in [-0.2, -0.15) is 0 Å².